The van der Waals surface area contributed by atoms with Crippen molar-refractivity contribution in [2.24, 2.45) is 0 Å². The van der Waals surface area contributed by atoms with Gasteiger partial charge in [-0.3, -0.25) is 0 Å². The summed E-state index contributed by atoms with van der Waals surface area (Å²) in [6.45, 7) is 2.18. The van der Waals surface area contributed by atoms with Crippen molar-refractivity contribution >= 4 is 0 Å². The van der Waals surface area contributed by atoms with Gasteiger partial charge in [0, 0.05) is 5.56 Å². The highest BCUT2D eigenvalue weighted by molar-refractivity contribution is 5.16. The average molecular weight is 194 g/mol. The van der Waals surface area contributed by atoms with Crippen LogP contribution in [0.4, 0.5) is 0 Å². The van der Waals surface area contributed by atoms with Gasteiger partial charge in [-0.25, -0.2) is 0 Å². The van der Waals surface area contributed by atoms with E-state index in [2.05, 4.69) is 0 Å². The van der Waals surface area contributed by atoms with E-state index in [-0.39, 0.29) is 12.4 Å². The van der Waals surface area contributed by atoms with Crippen LogP contribution in [0.2, 0.25) is 0 Å². The van der Waals surface area contributed by atoms with Gasteiger partial charge in [0.05, 0.1) is 12.7 Å². The molecule has 14 heavy (non-hydrogen) atoms. The summed E-state index contributed by atoms with van der Waals surface area (Å²) in [4.78, 5) is 0. The van der Waals surface area contributed by atoms with Crippen LogP contribution in [-0.4, -0.2) is 23.9 Å². The number of ether oxygens (including phenoxy) is 2. The second-order valence-corrected chi connectivity index (χ2v) is 3.48. The minimum Gasteiger partial charge on any atom is -0.388 e. The minimum absolute atomic E-state index is 0.172. The zero-order valence-corrected chi connectivity index (χ0v) is 8.09. The van der Waals surface area contributed by atoms with Gasteiger partial charge in [-0.05, 0) is 6.92 Å². The molecule has 1 aromatic carbocycles. The molecule has 3 heteroatoms. The third kappa shape index (κ3) is 1.95. The van der Waals surface area contributed by atoms with Gasteiger partial charge >= 0.3 is 0 Å². The summed E-state index contributed by atoms with van der Waals surface area (Å²) >= 11 is 0. The molecule has 3 nitrogen and oxygen atoms in total. The fourth-order valence-electron chi connectivity index (χ4n) is 1.43. The Morgan fingerprint density at radius 1 is 1.29 bits per heavy atom. The Kier molecular flexibility index (Phi) is 2.82. The largest absolute Gasteiger partial charge is 0.388 e. The first kappa shape index (κ1) is 9.65. The molecule has 1 aliphatic rings. The number of rotatable bonds is 1. The molecule has 1 heterocycles. The molecule has 1 aliphatic heterocycles. The molecule has 0 unspecified atom stereocenters. The van der Waals surface area contributed by atoms with E-state index in [1.807, 2.05) is 37.3 Å². The molecule has 0 aromatic heterocycles. The molecule has 0 aliphatic carbocycles. The summed E-state index contributed by atoms with van der Waals surface area (Å²) in [5.74, 6) is 0. The maximum absolute atomic E-state index is 9.39. The SMILES string of the molecule is C[C@@H]1O[C@H](c2ccccc2)OC[C@H]1O. The van der Waals surface area contributed by atoms with Crippen molar-refractivity contribution in [3.63, 3.8) is 0 Å². The van der Waals surface area contributed by atoms with E-state index in [4.69, 9.17) is 9.47 Å². The highest BCUT2D eigenvalue weighted by Crippen LogP contribution is 2.25. The van der Waals surface area contributed by atoms with Crippen molar-refractivity contribution in [1.82, 2.24) is 0 Å². The van der Waals surface area contributed by atoms with E-state index >= 15 is 0 Å². The van der Waals surface area contributed by atoms with Crippen molar-refractivity contribution < 1.29 is 14.6 Å². The first-order valence-corrected chi connectivity index (χ1v) is 4.77. The molecular formula is C11H14O3. The molecule has 0 radical (unpaired) electrons. The highest BCUT2D eigenvalue weighted by atomic mass is 16.7. The molecule has 1 aromatic rings. The summed E-state index contributed by atoms with van der Waals surface area (Å²) in [6, 6.07) is 9.74. The standard InChI is InChI=1S/C11H14O3/c1-8-10(12)7-13-11(14-8)9-5-3-2-4-6-9/h2-6,8,10-12H,7H2,1H3/t8-,10+,11+/m0/s1. The van der Waals surface area contributed by atoms with Crippen LogP contribution in [-0.2, 0) is 9.47 Å². The Balaban J connectivity index is 2.07. The monoisotopic (exact) mass is 194 g/mol. The van der Waals surface area contributed by atoms with Crippen LogP contribution < -0.4 is 0 Å². The maximum Gasteiger partial charge on any atom is 0.184 e. The van der Waals surface area contributed by atoms with E-state index in [1.165, 1.54) is 0 Å². The van der Waals surface area contributed by atoms with Gasteiger partial charge in [-0.1, -0.05) is 30.3 Å². The predicted molar refractivity (Wildman–Crippen MR) is 51.7 cm³/mol. The van der Waals surface area contributed by atoms with Crippen LogP contribution in [0, 0.1) is 0 Å². The Bertz CT molecular complexity index is 286. The van der Waals surface area contributed by atoms with E-state index in [9.17, 15) is 5.11 Å². The van der Waals surface area contributed by atoms with E-state index < -0.39 is 6.10 Å². The van der Waals surface area contributed by atoms with E-state index in [0.717, 1.165) is 5.56 Å². The van der Waals surface area contributed by atoms with Gasteiger partial charge in [0.1, 0.15) is 6.10 Å². The van der Waals surface area contributed by atoms with E-state index in [1.54, 1.807) is 0 Å². The number of aliphatic hydroxyl groups is 1. The van der Waals surface area contributed by atoms with Crippen molar-refractivity contribution in [3.05, 3.63) is 35.9 Å². The molecule has 76 valence electrons. The molecule has 0 spiro atoms. The second-order valence-electron chi connectivity index (χ2n) is 3.48. The Labute approximate surface area is 83.3 Å². The molecule has 1 saturated heterocycles. The predicted octanol–water partition coefficient (Wildman–Crippen LogP) is 1.48. The van der Waals surface area contributed by atoms with Gasteiger partial charge in [0.15, 0.2) is 6.29 Å². The van der Waals surface area contributed by atoms with Crippen molar-refractivity contribution in [3.8, 4) is 0 Å². The minimum atomic E-state index is -0.519. The van der Waals surface area contributed by atoms with Gasteiger partial charge in [-0.2, -0.15) is 0 Å². The number of hydrogen-bond acceptors (Lipinski definition) is 3. The van der Waals surface area contributed by atoms with Crippen LogP contribution >= 0.6 is 0 Å². The summed E-state index contributed by atoms with van der Waals surface area (Å²) in [7, 11) is 0. The first-order valence-electron chi connectivity index (χ1n) is 4.77. The number of hydrogen-bond donors (Lipinski definition) is 1. The van der Waals surface area contributed by atoms with Gasteiger partial charge in [-0.15, -0.1) is 0 Å². The summed E-state index contributed by atoms with van der Waals surface area (Å²) in [5.41, 5.74) is 0.992. The van der Waals surface area contributed by atoms with Gasteiger partial charge < -0.3 is 14.6 Å². The molecule has 2 rings (SSSR count). The third-order valence-electron chi connectivity index (χ3n) is 2.37. The summed E-state index contributed by atoms with van der Waals surface area (Å²) in [6.07, 6.45) is -1.03. The van der Waals surface area contributed by atoms with Crippen LogP contribution in [0.3, 0.4) is 0 Å². The third-order valence-corrected chi connectivity index (χ3v) is 2.37. The smallest absolute Gasteiger partial charge is 0.184 e. The molecule has 1 N–H and O–H groups in total. The lowest BCUT2D eigenvalue weighted by Crippen LogP contribution is -2.38. The Morgan fingerprint density at radius 3 is 2.64 bits per heavy atom. The van der Waals surface area contributed by atoms with Crippen LogP contribution in [0.15, 0.2) is 30.3 Å². The average Bonchev–Trinajstić information content (AvgIpc) is 2.23. The molecule has 1 fully saturated rings. The first-order chi connectivity index (χ1) is 6.77. The number of benzene rings is 1. The molecule has 0 amide bonds. The van der Waals surface area contributed by atoms with Crippen molar-refractivity contribution in [2.75, 3.05) is 6.61 Å². The van der Waals surface area contributed by atoms with E-state index in [0.29, 0.717) is 6.61 Å². The number of aliphatic hydroxyl groups excluding tert-OH is 1. The van der Waals surface area contributed by atoms with Gasteiger partial charge in [0.2, 0.25) is 0 Å². The fraction of sp³-hybridized carbons (Fsp3) is 0.455. The fourth-order valence-corrected chi connectivity index (χ4v) is 1.43. The van der Waals surface area contributed by atoms with Crippen LogP contribution in [0.25, 0.3) is 0 Å². The lowest BCUT2D eigenvalue weighted by Gasteiger charge is -2.32. The topological polar surface area (TPSA) is 38.7 Å². The van der Waals surface area contributed by atoms with Crippen LogP contribution in [0.1, 0.15) is 18.8 Å². The Hall–Kier alpha value is -0.900. The summed E-state index contributed by atoms with van der Waals surface area (Å²) in [5, 5.41) is 9.39. The highest BCUT2D eigenvalue weighted by Gasteiger charge is 2.27. The lowest BCUT2D eigenvalue weighted by atomic mass is 10.1. The zero-order valence-electron chi connectivity index (χ0n) is 8.09. The van der Waals surface area contributed by atoms with Gasteiger partial charge in [0.25, 0.3) is 0 Å². The zero-order chi connectivity index (χ0) is 9.97. The molecule has 3 atom stereocenters. The molecule has 0 bridgehead atoms. The maximum atomic E-state index is 9.39. The van der Waals surface area contributed by atoms with Crippen molar-refractivity contribution in [2.45, 2.75) is 25.4 Å². The normalized spacial score (nSPS) is 32.9. The quantitative estimate of drug-likeness (QED) is 0.736. The van der Waals surface area contributed by atoms with Crippen LogP contribution in [0.5, 0.6) is 0 Å². The lowest BCUT2D eigenvalue weighted by molar-refractivity contribution is -0.251. The second kappa shape index (κ2) is 4.09. The van der Waals surface area contributed by atoms with Crippen molar-refractivity contribution in [1.29, 1.82) is 0 Å². The Morgan fingerprint density at radius 2 is 2.00 bits per heavy atom. The molecule has 0 saturated carbocycles. The molecular weight excluding hydrogens is 180 g/mol. The summed E-state index contributed by atoms with van der Waals surface area (Å²) < 4.78 is 10.9.